The summed E-state index contributed by atoms with van der Waals surface area (Å²) in [5.41, 5.74) is 2.43. The van der Waals surface area contributed by atoms with E-state index < -0.39 is 0 Å². The van der Waals surface area contributed by atoms with E-state index >= 15 is 0 Å². The molecule has 0 saturated carbocycles. The van der Waals surface area contributed by atoms with Crippen LogP contribution < -0.4 is 15.4 Å². The minimum Gasteiger partial charge on any atom is -0.457 e. The Labute approximate surface area is 131 Å². The van der Waals surface area contributed by atoms with Crippen molar-refractivity contribution in [3.8, 4) is 5.75 Å². The van der Waals surface area contributed by atoms with Crippen LogP contribution in [-0.2, 0) is 0 Å². The Morgan fingerprint density at radius 3 is 2.55 bits per heavy atom. The fraction of sp³-hybridized carbons (Fsp3) is 0.125. The number of halogens is 1. The summed E-state index contributed by atoms with van der Waals surface area (Å²) in [4.78, 5) is 0. The van der Waals surface area contributed by atoms with E-state index in [0.717, 1.165) is 15.2 Å². The molecule has 0 saturated heterocycles. The third kappa shape index (κ3) is 1.91. The number of rotatable bonds is 1. The molecule has 0 fully saturated rings. The average molecular weight is 376 g/mol. The van der Waals surface area contributed by atoms with Crippen LogP contribution in [0.2, 0.25) is 0 Å². The second-order valence-corrected chi connectivity index (χ2v) is 5.98. The number of ether oxygens (including phenoxy) is 1. The van der Waals surface area contributed by atoms with Gasteiger partial charge in [-0.25, -0.2) is 0 Å². The zero-order valence-electron chi connectivity index (χ0n) is 10.6. The maximum atomic E-state index is 5.95. The predicted molar refractivity (Wildman–Crippen MR) is 86.3 cm³/mol. The topological polar surface area (TPSA) is 33.3 Å². The molecule has 0 bridgehead atoms. The van der Waals surface area contributed by atoms with Gasteiger partial charge in [-0.1, -0.05) is 48.5 Å². The van der Waals surface area contributed by atoms with E-state index in [9.17, 15) is 0 Å². The van der Waals surface area contributed by atoms with E-state index in [1.807, 2.05) is 18.2 Å². The van der Waals surface area contributed by atoms with Crippen molar-refractivity contribution in [2.24, 2.45) is 0 Å². The maximum Gasteiger partial charge on any atom is 0.155 e. The highest BCUT2D eigenvalue weighted by molar-refractivity contribution is 14.1. The van der Waals surface area contributed by atoms with Crippen molar-refractivity contribution in [3.05, 3.63) is 75.2 Å². The lowest BCUT2D eigenvalue weighted by molar-refractivity contribution is 0.337. The lowest BCUT2D eigenvalue weighted by atomic mass is 10.0. The van der Waals surface area contributed by atoms with Crippen molar-refractivity contribution in [2.45, 2.75) is 12.2 Å². The van der Waals surface area contributed by atoms with Gasteiger partial charge in [0.2, 0.25) is 0 Å². The minimum atomic E-state index is 0.103. The fourth-order valence-electron chi connectivity index (χ4n) is 2.70. The van der Waals surface area contributed by atoms with Crippen molar-refractivity contribution in [2.75, 3.05) is 0 Å². The molecule has 2 aliphatic heterocycles. The van der Waals surface area contributed by atoms with Gasteiger partial charge in [-0.15, -0.1) is 0 Å². The molecule has 2 aliphatic rings. The molecule has 2 atom stereocenters. The second kappa shape index (κ2) is 4.79. The zero-order valence-corrected chi connectivity index (χ0v) is 12.8. The SMILES string of the molecule is IC1=C2Oc3ccccc3C2NC(c2ccccc2)N1. The van der Waals surface area contributed by atoms with Crippen molar-refractivity contribution >= 4 is 22.6 Å². The largest absolute Gasteiger partial charge is 0.457 e. The highest BCUT2D eigenvalue weighted by Gasteiger charge is 2.37. The molecule has 2 N–H and O–H groups in total. The Morgan fingerprint density at radius 2 is 1.70 bits per heavy atom. The first-order valence-corrected chi connectivity index (χ1v) is 7.65. The molecular weight excluding hydrogens is 363 g/mol. The first kappa shape index (κ1) is 12.2. The summed E-state index contributed by atoms with van der Waals surface area (Å²) in [6.45, 7) is 0. The van der Waals surface area contributed by atoms with Crippen molar-refractivity contribution < 1.29 is 4.74 Å². The Morgan fingerprint density at radius 1 is 0.950 bits per heavy atom. The molecular formula is C16H13IN2O. The molecule has 4 rings (SSSR count). The average Bonchev–Trinajstić information content (AvgIpc) is 2.88. The molecule has 0 amide bonds. The summed E-state index contributed by atoms with van der Waals surface area (Å²) >= 11 is 2.32. The molecule has 4 heteroatoms. The van der Waals surface area contributed by atoms with Gasteiger partial charge in [-0.2, -0.15) is 0 Å². The lowest BCUT2D eigenvalue weighted by Gasteiger charge is -2.30. The summed E-state index contributed by atoms with van der Waals surface area (Å²) in [5, 5.41) is 7.09. The Kier molecular flexibility index (Phi) is 2.93. The molecule has 0 radical (unpaired) electrons. The molecule has 100 valence electrons. The smallest absolute Gasteiger partial charge is 0.155 e. The van der Waals surface area contributed by atoms with Crippen LogP contribution >= 0.6 is 22.6 Å². The van der Waals surface area contributed by atoms with Gasteiger partial charge in [-0.05, 0) is 34.2 Å². The number of hydrogen-bond donors (Lipinski definition) is 2. The highest BCUT2D eigenvalue weighted by atomic mass is 127. The van der Waals surface area contributed by atoms with E-state index in [1.165, 1.54) is 11.1 Å². The van der Waals surface area contributed by atoms with Crippen LogP contribution in [0, 0.1) is 0 Å². The molecule has 0 aromatic heterocycles. The predicted octanol–water partition coefficient (Wildman–Crippen LogP) is 3.62. The highest BCUT2D eigenvalue weighted by Crippen LogP contribution is 2.44. The second-order valence-electron chi connectivity index (χ2n) is 4.91. The summed E-state index contributed by atoms with van der Waals surface area (Å²) in [7, 11) is 0. The summed E-state index contributed by atoms with van der Waals surface area (Å²) in [6, 6.07) is 18.7. The Hall–Kier alpha value is -1.53. The molecule has 2 aromatic carbocycles. The molecule has 20 heavy (non-hydrogen) atoms. The van der Waals surface area contributed by atoms with E-state index in [2.05, 4.69) is 69.6 Å². The first-order valence-electron chi connectivity index (χ1n) is 6.57. The fourth-order valence-corrected chi connectivity index (χ4v) is 3.43. The van der Waals surface area contributed by atoms with Crippen LogP contribution in [0.1, 0.15) is 23.3 Å². The van der Waals surface area contributed by atoms with Crippen LogP contribution in [0.3, 0.4) is 0 Å². The summed E-state index contributed by atoms with van der Waals surface area (Å²) in [5.74, 6) is 1.92. The molecule has 2 unspecified atom stereocenters. The summed E-state index contributed by atoms with van der Waals surface area (Å²) in [6.07, 6.45) is 0.103. The molecule has 0 spiro atoms. The van der Waals surface area contributed by atoms with E-state index in [0.29, 0.717) is 0 Å². The number of nitrogens with one attached hydrogen (secondary N) is 2. The van der Waals surface area contributed by atoms with Crippen LogP contribution in [0.4, 0.5) is 0 Å². The van der Waals surface area contributed by atoms with E-state index in [1.54, 1.807) is 0 Å². The molecule has 2 heterocycles. The van der Waals surface area contributed by atoms with Crippen molar-refractivity contribution in [1.82, 2.24) is 10.6 Å². The van der Waals surface area contributed by atoms with Crippen LogP contribution in [0.15, 0.2) is 64.1 Å². The van der Waals surface area contributed by atoms with Gasteiger partial charge in [0.25, 0.3) is 0 Å². The first-order chi connectivity index (χ1) is 9.83. The normalized spacial score (nSPS) is 23.6. The number of para-hydroxylation sites is 1. The standard InChI is InChI=1S/C16H13IN2O/c17-15-14-13(11-8-4-5-9-12(11)20-14)18-16(19-15)10-6-2-1-3-7-10/h1-9,13,16,18-19H. The minimum absolute atomic E-state index is 0.103. The Balaban J connectivity index is 1.74. The van der Waals surface area contributed by atoms with Crippen LogP contribution in [-0.4, -0.2) is 0 Å². The van der Waals surface area contributed by atoms with Crippen LogP contribution in [0.25, 0.3) is 0 Å². The third-order valence-corrected chi connectivity index (χ3v) is 4.51. The van der Waals surface area contributed by atoms with Gasteiger partial charge in [0.1, 0.15) is 15.6 Å². The number of fused-ring (bicyclic) bond motifs is 3. The van der Waals surface area contributed by atoms with Gasteiger partial charge >= 0.3 is 0 Å². The third-order valence-electron chi connectivity index (χ3n) is 3.67. The molecule has 3 nitrogen and oxygen atoms in total. The number of hydrogen-bond acceptors (Lipinski definition) is 3. The Bertz CT molecular complexity index is 684. The van der Waals surface area contributed by atoms with Gasteiger partial charge in [0.05, 0.1) is 6.04 Å². The lowest BCUT2D eigenvalue weighted by Crippen LogP contribution is -2.40. The quantitative estimate of drug-likeness (QED) is 0.589. The van der Waals surface area contributed by atoms with Gasteiger partial charge in [-0.3, -0.25) is 5.32 Å². The van der Waals surface area contributed by atoms with Crippen LogP contribution in [0.5, 0.6) is 5.75 Å². The van der Waals surface area contributed by atoms with Crippen molar-refractivity contribution in [3.63, 3.8) is 0 Å². The van der Waals surface area contributed by atoms with Gasteiger partial charge in [0.15, 0.2) is 5.76 Å². The zero-order chi connectivity index (χ0) is 13.5. The van der Waals surface area contributed by atoms with E-state index in [-0.39, 0.29) is 12.2 Å². The van der Waals surface area contributed by atoms with E-state index in [4.69, 9.17) is 4.74 Å². The van der Waals surface area contributed by atoms with Crippen molar-refractivity contribution in [1.29, 1.82) is 0 Å². The molecule has 0 aliphatic carbocycles. The number of benzene rings is 2. The maximum absolute atomic E-state index is 5.95. The molecule has 2 aromatic rings. The monoisotopic (exact) mass is 376 g/mol. The summed E-state index contributed by atoms with van der Waals surface area (Å²) < 4.78 is 7.02. The van der Waals surface area contributed by atoms with Gasteiger partial charge < -0.3 is 10.1 Å². The van der Waals surface area contributed by atoms with Gasteiger partial charge in [0, 0.05) is 5.56 Å².